The molecule has 0 aliphatic carbocycles. The molecule has 0 aliphatic heterocycles. The summed E-state index contributed by atoms with van der Waals surface area (Å²) in [7, 11) is 0. The predicted octanol–water partition coefficient (Wildman–Crippen LogP) is 3.16. The topological polar surface area (TPSA) is 62.7 Å². The summed E-state index contributed by atoms with van der Waals surface area (Å²) in [5, 5.41) is 8.92. The van der Waals surface area contributed by atoms with Crippen LogP contribution in [0.5, 0.6) is 0 Å². The van der Waals surface area contributed by atoms with Gasteiger partial charge in [-0.2, -0.15) is 5.10 Å². The molecule has 5 heteroatoms. The molecule has 3 rings (SSSR count). The van der Waals surface area contributed by atoms with Crippen molar-refractivity contribution < 1.29 is 0 Å². The number of hydrogen-bond acceptors (Lipinski definition) is 3. The zero-order valence-electron chi connectivity index (χ0n) is 14.5. The highest BCUT2D eigenvalue weighted by Crippen LogP contribution is 2.19. The number of nitrogens with one attached hydrogen (secondary N) is 2. The number of H-pyrrole nitrogens is 1. The molecular formula is C19H24N4O. The monoisotopic (exact) mass is 324 g/mol. The van der Waals surface area contributed by atoms with Crippen molar-refractivity contribution in [2.45, 2.75) is 33.7 Å². The summed E-state index contributed by atoms with van der Waals surface area (Å²) in [6.07, 6.45) is 1.10. The molecule has 3 aromatic rings. The summed E-state index contributed by atoms with van der Waals surface area (Å²) in [5.41, 5.74) is 3.29. The van der Waals surface area contributed by atoms with Gasteiger partial charge < -0.3 is 10.3 Å². The second-order valence-electron chi connectivity index (χ2n) is 6.58. The van der Waals surface area contributed by atoms with Crippen molar-refractivity contribution in [2.24, 2.45) is 5.92 Å². The van der Waals surface area contributed by atoms with E-state index in [9.17, 15) is 4.79 Å². The van der Waals surface area contributed by atoms with E-state index >= 15 is 0 Å². The Kier molecular flexibility index (Phi) is 4.81. The second kappa shape index (κ2) is 7.01. The standard InChI is InChI=1S/C19H24N4O/c1-13(2)9-10-20-12-15-11-17-14(3)22-23(18(17)21-19(15)24)16-7-5-4-6-8-16/h4-8,11,13,20H,9-10,12H2,1-3H3,(H,21,24). The molecule has 0 atom stereocenters. The molecule has 0 amide bonds. The normalized spacial score (nSPS) is 11.5. The lowest BCUT2D eigenvalue weighted by molar-refractivity contribution is 0.537. The van der Waals surface area contributed by atoms with Gasteiger partial charge >= 0.3 is 0 Å². The van der Waals surface area contributed by atoms with Crippen LogP contribution in [0.4, 0.5) is 0 Å². The fourth-order valence-corrected chi connectivity index (χ4v) is 2.76. The van der Waals surface area contributed by atoms with Crippen molar-refractivity contribution in [3.8, 4) is 5.69 Å². The van der Waals surface area contributed by atoms with E-state index in [0.29, 0.717) is 12.5 Å². The third-order valence-electron chi connectivity index (χ3n) is 4.16. The molecule has 0 aliphatic rings. The maximum Gasteiger partial charge on any atom is 0.254 e. The highest BCUT2D eigenvalue weighted by molar-refractivity contribution is 5.80. The number of nitrogens with zero attached hydrogens (tertiary/aromatic N) is 2. The highest BCUT2D eigenvalue weighted by Gasteiger charge is 2.12. The summed E-state index contributed by atoms with van der Waals surface area (Å²) < 4.78 is 1.79. The fraction of sp³-hybridized carbons (Fsp3) is 0.368. The molecule has 2 aromatic heterocycles. The van der Waals surface area contributed by atoms with E-state index in [1.165, 1.54) is 0 Å². The van der Waals surface area contributed by atoms with Crippen molar-refractivity contribution in [1.82, 2.24) is 20.1 Å². The van der Waals surface area contributed by atoms with E-state index in [2.05, 4.69) is 29.2 Å². The van der Waals surface area contributed by atoms with Crippen molar-refractivity contribution in [3.05, 3.63) is 58.0 Å². The molecule has 0 fully saturated rings. The molecule has 0 saturated carbocycles. The maximum absolute atomic E-state index is 12.4. The van der Waals surface area contributed by atoms with Gasteiger partial charge in [-0.1, -0.05) is 32.0 Å². The number of para-hydroxylation sites is 1. The molecular weight excluding hydrogens is 300 g/mol. The summed E-state index contributed by atoms with van der Waals surface area (Å²) in [6.45, 7) is 7.85. The molecule has 0 radical (unpaired) electrons. The molecule has 0 spiro atoms. The van der Waals surface area contributed by atoms with Gasteiger partial charge in [0.05, 0.1) is 11.4 Å². The Hall–Kier alpha value is -2.40. The number of fused-ring (bicyclic) bond motifs is 1. The third-order valence-corrected chi connectivity index (χ3v) is 4.16. The summed E-state index contributed by atoms with van der Waals surface area (Å²) in [4.78, 5) is 15.4. The van der Waals surface area contributed by atoms with Gasteiger partial charge in [-0.25, -0.2) is 4.68 Å². The van der Waals surface area contributed by atoms with Crippen molar-refractivity contribution in [1.29, 1.82) is 0 Å². The molecule has 0 saturated heterocycles. The first-order valence-corrected chi connectivity index (χ1v) is 8.44. The number of rotatable bonds is 6. The van der Waals surface area contributed by atoms with Gasteiger partial charge in [-0.05, 0) is 44.0 Å². The Morgan fingerprint density at radius 3 is 2.71 bits per heavy atom. The van der Waals surface area contributed by atoms with Crippen LogP contribution in [0.1, 0.15) is 31.5 Å². The Morgan fingerprint density at radius 1 is 1.25 bits per heavy atom. The van der Waals surface area contributed by atoms with Crippen LogP contribution in [-0.4, -0.2) is 21.3 Å². The van der Waals surface area contributed by atoms with Gasteiger partial charge in [0.2, 0.25) is 0 Å². The van der Waals surface area contributed by atoms with E-state index in [4.69, 9.17) is 0 Å². The number of hydrogen-bond donors (Lipinski definition) is 2. The van der Waals surface area contributed by atoms with Crippen LogP contribution in [0, 0.1) is 12.8 Å². The van der Waals surface area contributed by atoms with Crippen molar-refractivity contribution in [3.63, 3.8) is 0 Å². The minimum absolute atomic E-state index is 0.0587. The number of pyridine rings is 1. The molecule has 0 unspecified atom stereocenters. The number of aromatic nitrogens is 3. The zero-order chi connectivity index (χ0) is 17.1. The lowest BCUT2D eigenvalue weighted by Crippen LogP contribution is -2.22. The van der Waals surface area contributed by atoms with Gasteiger partial charge in [0.1, 0.15) is 5.65 Å². The first kappa shape index (κ1) is 16.5. The fourth-order valence-electron chi connectivity index (χ4n) is 2.76. The van der Waals surface area contributed by atoms with E-state index in [-0.39, 0.29) is 5.56 Å². The lowest BCUT2D eigenvalue weighted by Gasteiger charge is -2.07. The zero-order valence-corrected chi connectivity index (χ0v) is 14.5. The van der Waals surface area contributed by atoms with Crippen LogP contribution in [0.15, 0.2) is 41.2 Å². The van der Waals surface area contributed by atoms with Crippen LogP contribution in [0.25, 0.3) is 16.7 Å². The average molecular weight is 324 g/mol. The van der Waals surface area contributed by atoms with Gasteiger partial charge in [0, 0.05) is 17.5 Å². The van der Waals surface area contributed by atoms with Crippen molar-refractivity contribution >= 4 is 11.0 Å². The van der Waals surface area contributed by atoms with E-state index in [0.717, 1.165) is 40.9 Å². The molecule has 2 heterocycles. The Morgan fingerprint density at radius 2 is 2.00 bits per heavy atom. The van der Waals surface area contributed by atoms with Gasteiger partial charge in [-0.3, -0.25) is 4.79 Å². The Labute approximate surface area is 141 Å². The first-order chi connectivity index (χ1) is 11.6. The molecule has 1 aromatic carbocycles. The molecule has 126 valence electrons. The van der Waals surface area contributed by atoms with E-state index in [1.807, 2.05) is 43.3 Å². The van der Waals surface area contributed by atoms with Crippen LogP contribution < -0.4 is 10.9 Å². The molecule has 0 bridgehead atoms. The summed E-state index contributed by atoms with van der Waals surface area (Å²) in [5.74, 6) is 0.657. The second-order valence-corrected chi connectivity index (χ2v) is 6.58. The SMILES string of the molecule is Cc1nn(-c2ccccc2)c2[nH]c(=O)c(CNCCC(C)C)cc12. The smallest absolute Gasteiger partial charge is 0.254 e. The minimum Gasteiger partial charge on any atom is -0.312 e. The first-order valence-electron chi connectivity index (χ1n) is 8.44. The van der Waals surface area contributed by atoms with Crippen LogP contribution in [-0.2, 0) is 6.54 Å². The van der Waals surface area contributed by atoms with Gasteiger partial charge in [0.15, 0.2) is 0 Å². The molecule has 2 N–H and O–H groups in total. The highest BCUT2D eigenvalue weighted by atomic mass is 16.1. The predicted molar refractivity (Wildman–Crippen MR) is 97.6 cm³/mol. The summed E-state index contributed by atoms with van der Waals surface area (Å²) >= 11 is 0. The number of aryl methyl sites for hydroxylation is 1. The van der Waals surface area contributed by atoms with Gasteiger partial charge in [-0.15, -0.1) is 0 Å². The van der Waals surface area contributed by atoms with Crippen LogP contribution >= 0.6 is 0 Å². The quantitative estimate of drug-likeness (QED) is 0.685. The van der Waals surface area contributed by atoms with E-state index in [1.54, 1.807) is 4.68 Å². The van der Waals surface area contributed by atoms with Crippen LogP contribution in [0.2, 0.25) is 0 Å². The maximum atomic E-state index is 12.4. The minimum atomic E-state index is -0.0587. The largest absolute Gasteiger partial charge is 0.312 e. The Balaban J connectivity index is 1.92. The Bertz CT molecular complexity index is 878. The van der Waals surface area contributed by atoms with Gasteiger partial charge in [0.25, 0.3) is 5.56 Å². The third kappa shape index (κ3) is 3.41. The number of aromatic amines is 1. The van der Waals surface area contributed by atoms with Crippen molar-refractivity contribution in [2.75, 3.05) is 6.54 Å². The van der Waals surface area contributed by atoms with Crippen LogP contribution in [0.3, 0.4) is 0 Å². The lowest BCUT2D eigenvalue weighted by atomic mass is 10.1. The summed E-state index contributed by atoms with van der Waals surface area (Å²) in [6, 6.07) is 11.8. The number of benzene rings is 1. The average Bonchev–Trinajstić information content (AvgIpc) is 2.88. The molecule has 5 nitrogen and oxygen atoms in total. The molecule has 24 heavy (non-hydrogen) atoms. The van der Waals surface area contributed by atoms with E-state index < -0.39 is 0 Å².